The van der Waals surface area contributed by atoms with Crippen LogP contribution in [0.25, 0.3) is 0 Å². The molecule has 5 heteroatoms. The Morgan fingerprint density at radius 3 is 2.48 bits per heavy atom. The van der Waals surface area contributed by atoms with Gasteiger partial charge in [0.1, 0.15) is 0 Å². The molecule has 0 aliphatic heterocycles. The molecule has 1 amide bonds. The van der Waals surface area contributed by atoms with Crippen molar-refractivity contribution < 1.29 is 14.3 Å². The first kappa shape index (κ1) is 15.4. The van der Waals surface area contributed by atoms with Crippen LogP contribution in [0.3, 0.4) is 0 Å². The van der Waals surface area contributed by atoms with E-state index >= 15 is 0 Å². The molecule has 0 saturated heterocycles. The van der Waals surface area contributed by atoms with E-state index in [-0.39, 0.29) is 5.91 Å². The van der Waals surface area contributed by atoms with Gasteiger partial charge in [0.05, 0.1) is 19.8 Å². The topological polar surface area (TPSA) is 38.8 Å². The van der Waals surface area contributed by atoms with E-state index in [1.165, 1.54) is 11.3 Å². The van der Waals surface area contributed by atoms with Crippen molar-refractivity contribution in [1.29, 1.82) is 0 Å². The molecule has 1 heterocycles. The summed E-state index contributed by atoms with van der Waals surface area (Å²) in [5.74, 6) is 1.39. The number of hydrogen-bond acceptors (Lipinski definition) is 4. The SMILES string of the molecule is COc1cc(C)c(CN(C)C(=O)c2ccsc2)cc1OC. The minimum atomic E-state index is 0.0189. The summed E-state index contributed by atoms with van der Waals surface area (Å²) >= 11 is 1.52. The minimum absolute atomic E-state index is 0.0189. The molecule has 0 aliphatic rings. The highest BCUT2D eigenvalue weighted by molar-refractivity contribution is 7.08. The molecule has 0 radical (unpaired) electrons. The van der Waals surface area contributed by atoms with Gasteiger partial charge in [-0.15, -0.1) is 0 Å². The molecular weight excluding hydrogens is 286 g/mol. The van der Waals surface area contributed by atoms with Gasteiger partial charge in [0.15, 0.2) is 11.5 Å². The molecule has 0 bridgehead atoms. The number of nitrogens with zero attached hydrogens (tertiary/aromatic N) is 1. The van der Waals surface area contributed by atoms with E-state index < -0.39 is 0 Å². The van der Waals surface area contributed by atoms with E-state index in [2.05, 4.69) is 0 Å². The number of carbonyl (C=O) groups is 1. The fourth-order valence-corrected chi connectivity index (χ4v) is 2.76. The molecule has 2 aromatic rings. The van der Waals surface area contributed by atoms with E-state index in [1.54, 1.807) is 26.2 Å². The molecule has 1 aromatic heterocycles. The van der Waals surface area contributed by atoms with Gasteiger partial charge in [0.25, 0.3) is 5.91 Å². The van der Waals surface area contributed by atoms with Gasteiger partial charge in [-0.3, -0.25) is 4.79 Å². The van der Waals surface area contributed by atoms with Gasteiger partial charge in [0, 0.05) is 19.0 Å². The van der Waals surface area contributed by atoms with Crippen molar-refractivity contribution in [2.24, 2.45) is 0 Å². The average molecular weight is 305 g/mol. The van der Waals surface area contributed by atoms with Crippen LogP contribution in [0.15, 0.2) is 29.0 Å². The lowest BCUT2D eigenvalue weighted by molar-refractivity contribution is 0.0785. The van der Waals surface area contributed by atoms with Gasteiger partial charge in [-0.25, -0.2) is 0 Å². The first-order chi connectivity index (χ1) is 10.1. The van der Waals surface area contributed by atoms with Crippen molar-refractivity contribution in [3.63, 3.8) is 0 Å². The molecule has 0 unspecified atom stereocenters. The zero-order chi connectivity index (χ0) is 15.4. The highest BCUT2D eigenvalue weighted by atomic mass is 32.1. The molecule has 21 heavy (non-hydrogen) atoms. The maximum absolute atomic E-state index is 12.3. The van der Waals surface area contributed by atoms with Crippen molar-refractivity contribution in [2.75, 3.05) is 21.3 Å². The Balaban J connectivity index is 2.21. The number of rotatable bonds is 5. The van der Waals surface area contributed by atoms with Crippen LogP contribution in [0.1, 0.15) is 21.5 Å². The summed E-state index contributed by atoms with van der Waals surface area (Å²) in [4.78, 5) is 14.0. The lowest BCUT2D eigenvalue weighted by atomic mass is 10.1. The second kappa shape index (κ2) is 6.63. The zero-order valence-electron chi connectivity index (χ0n) is 12.7. The molecule has 0 N–H and O–H groups in total. The number of ether oxygens (including phenoxy) is 2. The third kappa shape index (κ3) is 3.36. The van der Waals surface area contributed by atoms with Gasteiger partial charge >= 0.3 is 0 Å². The Bertz CT molecular complexity index is 623. The molecule has 0 aliphatic carbocycles. The van der Waals surface area contributed by atoms with Crippen molar-refractivity contribution in [3.8, 4) is 11.5 Å². The van der Waals surface area contributed by atoms with E-state index in [0.29, 0.717) is 18.0 Å². The van der Waals surface area contributed by atoms with Gasteiger partial charge in [-0.05, 0) is 41.6 Å². The summed E-state index contributed by atoms with van der Waals surface area (Å²) in [6.07, 6.45) is 0. The Labute approximate surface area is 128 Å². The maximum Gasteiger partial charge on any atom is 0.254 e. The molecule has 0 saturated carbocycles. The number of aryl methyl sites for hydroxylation is 1. The summed E-state index contributed by atoms with van der Waals surface area (Å²) in [7, 11) is 5.02. The van der Waals surface area contributed by atoms with E-state index in [4.69, 9.17) is 9.47 Å². The Morgan fingerprint density at radius 2 is 1.90 bits per heavy atom. The number of carbonyl (C=O) groups excluding carboxylic acids is 1. The van der Waals surface area contributed by atoms with Crippen LogP contribution < -0.4 is 9.47 Å². The third-order valence-electron chi connectivity index (χ3n) is 3.36. The second-order valence-corrected chi connectivity index (χ2v) is 5.59. The fraction of sp³-hybridized carbons (Fsp3) is 0.312. The smallest absolute Gasteiger partial charge is 0.254 e. The Hall–Kier alpha value is -2.01. The van der Waals surface area contributed by atoms with Crippen LogP contribution in [0.2, 0.25) is 0 Å². The highest BCUT2D eigenvalue weighted by Gasteiger charge is 2.15. The predicted octanol–water partition coefficient (Wildman–Crippen LogP) is 3.35. The van der Waals surface area contributed by atoms with Crippen molar-refractivity contribution in [3.05, 3.63) is 45.6 Å². The molecule has 112 valence electrons. The van der Waals surface area contributed by atoms with Crippen LogP contribution >= 0.6 is 11.3 Å². The molecule has 0 atom stereocenters. The monoisotopic (exact) mass is 305 g/mol. The summed E-state index contributed by atoms with van der Waals surface area (Å²) in [5, 5.41) is 3.77. The van der Waals surface area contributed by atoms with Crippen LogP contribution in [-0.4, -0.2) is 32.1 Å². The molecule has 0 spiro atoms. The van der Waals surface area contributed by atoms with Crippen LogP contribution in [-0.2, 0) is 6.54 Å². The lowest BCUT2D eigenvalue weighted by Crippen LogP contribution is -2.26. The number of hydrogen-bond donors (Lipinski definition) is 0. The van der Waals surface area contributed by atoms with Crippen molar-refractivity contribution in [1.82, 2.24) is 4.90 Å². The summed E-state index contributed by atoms with van der Waals surface area (Å²) in [5.41, 5.74) is 2.83. The van der Waals surface area contributed by atoms with Gasteiger partial charge in [-0.1, -0.05) is 0 Å². The lowest BCUT2D eigenvalue weighted by Gasteiger charge is -2.19. The summed E-state index contributed by atoms with van der Waals surface area (Å²) in [6.45, 7) is 2.53. The quantitative estimate of drug-likeness (QED) is 0.850. The first-order valence-corrected chi connectivity index (χ1v) is 7.50. The Morgan fingerprint density at radius 1 is 1.24 bits per heavy atom. The van der Waals surface area contributed by atoms with Crippen molar-refractivity contribution >= 4 is 17.2 Å². The van der Waals surface area contributed by atoms with Gasteiger partial charge in [-0.2, -0.15) is 11.3 Å². The van der Waals surface area contributed by atoms with Crippen molar-refractivity contribution in [2.45, 2.75) is 13.5 Å². The molecule has 4 nitrogen and oxygen atoms in total. The highest BCUT2D eigenvalue weighted by Crippen LogP contribution is 2.30. The van der Waals surface area contributed by atoms with Crippen LogP contribution in [0.4, 0.5) is 0 Å². The van der Waals surface area contributed by atoms with E-state index in [1.807, 2.05) is 35.9 Å². The van der Waals surface area contributed by atoms with E-state index in [9.17, 15) is 4.79 Å². The van der Waals surface area contributed by atoms with Gasteiger partial charge in [0.2, 0.25) is 0 Å². The average Bonchev–Trinajstić information content (AvgIpc) is 3.02. The zero-order valence-corrected chi connectivity index (χ0v) is 13.5. The molecular formula is C16H19NO3S. The normalized spacial score (nSPS) is 10.3. The Kier molecular flexibility index (Phi) is 4.85. The maximum atomic E-state index is 12.3. The largest absolute Gasteiger partial charge is 0.493 e. The molecule has 0 fully saturated rings. The fourth-order valence-electron chi connectivity index (χ4n) is 2.13. The van der Waals surface area contributed by atoms with E-state index in [0.717, 1.165) is 16.7 Å². The number of amides is 1. The number of thiophene rings is 1. The minimum Gasteiger partial charge on any atom is -0.493 e. The second-order valence-electron chi connectivity index (χ2n) is 4.81. The summed E-state index contributed by atoms with van der Waals surface area (Å²) < 4.78 is 10.6. The summed E-state index contributed by atoms with van der Waals surface area (Å²) in [6, 6.07) is 5.69. The van der Waals surface area contributed by atoms with Gasteiger partial charge < -0.3 is 14.4 Å². The van der Waals surface area contributed by atoms with Crippen LogP contribution in [0, 0.1) is 6.92 Å². The standard InChI is InChI=1S/C16H19NO3S/c1-11-7-14(19-3)15(20-4)8-13(11)9-17(2)16(18)12-5-6-21-10-12/h5-8,10H,9H2,1-4H3. The molecule has 2 rings (SSSR count). The molecule has 1 aromatic carbocycles. The third-order valence-corrected chi connectivity index (χ3v) is 4.05. The van der Waals surface area contributed by atoms with Crippen LogP contribution in [0.5, 0.6) is 11.5 Å². The number of methoxy groups -OCH3 is 2. The first-order valence-electron chi connectivity index (χ1n) is 6.56. The number of benzene rings is 1. The predicted molar refractivity (Wildman–Crippen MR) is 84.4 cm³/mol.